The van der Waals surface area contributed by atoms with Crippen LogP contribution in [0.2, 0.25) is 5.02 Å². The van der Waals surface area contributed by atoms with Gasteiger partial charge in [0.15, 0.2) is 0 Å². The Balaban J connectivity index is 3.06. The van der Waals surface area contributed by atoms with Gasteiger partial charge in [0.25, 0.3) is 0 Å². The minimum atomic E-state index is -1.07. The molecule has 0 aliphatic carbocycles. The van der Waals surface area contributed by atoms with Crippen LogP contribution in [0.25, 0.3) is 0 Å². The molecule has 16 heavy (non-hydrogen) atoms. The summed E-state index contributed by atoms with van der Waals surface area (Å²) in [6.45, 7) is 3.76. The van der Waals surface area contributed by atoms with E-state index in [0.29, 0.717) is 6.42 Å². The van der Waals surface area contributed by atoms with E-state index in [1.54, 1.807) is 0 Å². The predicted octanol–water partition coefficient (Wildman–Crippen LogP) is 3.09. The van der Waals surface area contributed by atoms with E-state index in [1.807, 2.05) is 13.8 Å². The SMILES string of the molecule is CC(C)CC(C(=O)O)c1ncc(Cl)cc1F. The maximum absolute atomic E-state index is 13.5. The van der Waals surface area contributed by atoms with Crippen molar-refractivity contribution in [3.63, 3.8) is 0 Å². The van der Waals surface area contributed by atoms with Crippen LogP contribution >= 0.6 is 11.6 Å². The monoisotopic (exact) mass is 245 g/mol. The van der Waals surface area contributed by atoms with Crippen LogP contribution in [0.3, 0.4) is 0 Å². The maximum atomic E-state index is 13.5. The minimum absolute atomic E-state index is 0.0504. The van der Waals surface area contributed by atoms with Crippen LogP contribution < -0.4 is 0 Å². The van der Waals surface area contributed by atoms with Crippen molar-refractivity contribution in [3.05, 3.63) is 28.8 Å². The Labute approximate surface area is 98.3 Å². The van der Waals surface area contributed by atoms with Crippen LogP contribution in [-0.4, -0.2) is 16.1 Å². The predicted molar refractivity (Wildman–Crippen MR) is 59.0 cm³/mol. The van der Waals surface area contributed by atoms with Crippen LogP contribution in [0.15, 0.2) is 12.3 Å². The first-order chi connectivity index (χ1) is 7.41. The molecule has 1 atom stereocenters. The molecule has 5 heteroatoms. The summed E-state index contributed by atoms with van der Waals surface area (Å²) in [5.41, 5.74) is -0.0504. The molecule has 0 spiro atoms. The Bertz CT molecular complexity index is 396. The third-order valence-corrected chi connectivity index (χ3v) is 2.38. The molecule has 0 saturated carbocycles. The summed E-state index contributed by atoms with van der Waals surface area (Å²) in [6.07, 6.45) is 1.61. The van der Waals surface area contributed by atoms with Gasteiger partial charge >= 0.3 is 5.97 Å². The highest BCUT2D eigenvalue weighted by Gasteiger charge is 2.25. The summed E-state index contributed by atoms with van der Waals surface area (Å²) < 4.78 is 13.5. The lowest BCUT2D eigenvalue weighted by Crippen LogP contribution is -2.17. The van der Waals surface area contributed by atoms with Crippen LogP contribution in [0.1, 0.15) is 31.9 Å². The number of rotatable bonds is 4. The van der Waals surface area contributed by atoms with Gasteiger partial charge in [0.05, 0.1) is 10.7 Å². The van der Waals surface area contributed by atoms with E-state index in [4.69, 9.17) is 16.7 Å². The van der Waals surface area contributed by atoms with Crippen molar-refractivity contribution < 1.29 is 14.3 Å². The lowest BCUT2D eigenvalue weighted by molar-refractivity contribution is -0.139. The molecular formula is C11H13ClFNO2. The Kier molecular flexibility index (Phi) is 4.24. The van der Waals surface area contributed by atoms with Gasteiger partial charge in [-0.3, -0.25) is 9.78 Å². The third kappa shape index (κ3) is 3.17. The Hall–Kier alpha value is -1.16. The second-order valence-electron chi connectivity index (χ2n) is 4.04. The van der Waals surface area contributed by atoms with Crippen molar-refractivity contribution in [3.8, 4) is 0 Å². The summed E-state index contributed by atoms with van der Waals surface area (Å²) in [6, 6.07) is 1.08. The molecule has 0 aliphatic rings. The smallest absolute Gasteiger partial charge is 0.312 e. The fraction of sp³-hybridized carbons (Fsp3) is 0.455. The van der Waals surface area contributed by atoms with E-state index in [9.17, 15) is 9.18 Å². The second kappa shape index (κ2) is 5.25. The van der Waals surface area contributed by atoms with Crippen molar-refractivity contribution in [2.45, 2.75) is 26.2 Å². The Morgan fingerprint density at radius 1 is 1.62 bits per heavy atom. The normalized spacial score (nSPS) is 12.8. The molecule has 1 unspecified atom stereocenters. The molecule has 1 heterocycles. The Morgan fingerprint density at radius 3 is 2.69 bits per heavy atom. The van der Waals surface area contributed by atoms with E-state index >= 15 is 0 Å². The zero-order valence-electron chi connectivity index (χ0n) is 9.08. The molecule has 0 fully saturated rings. The number of aromatic nitrogens is 1. The highest BCUT2D eigenvalue weighted by atomic mass is 35.5. The van der Waals surface area contributed by atoms with Crippen molar-refractivity contribution in [1.82, 2.24) is 4.98 Å². The van der Waals surface area contributed by atoms with Crippen LogP contribution in [-0.2, 0) is 4.79 Å². The quantitative estimate of drug-likeness (QED) is 0.887. The molecule has 0 bridgehead atoms. The van der Waals surface area contributed by atoms with Crippen molar-refractivity contribution in [2.75, 3.05) is 0 Å². The summed E-state index contributed by atoms with van der Waals surface area (Å²) in [5.74, 6) is -2.50. The van der Waals surface area contributed by atoms with Gasteiger partial charge in [-0.2, -0.15) is 0 Å². The first-order valence-electron chi connectivity index (χ1n) is 4.95. The zero-order valence-corrected chi connectivity index (χ0v) is 9.83. The largest absolute Gasteiger partial charge is 0.481 e. The first kappa shape index (κ1) is 12.9. The van der Waals surface area contributed by atoms with Gasteiger partial charge in [-0.25, -0.2) is 4.39 Å². The second-order valence-corrected chi connectivity index (χ2v) is 4.48. The molecular weight excluding hydrogens is 233 g/mol. The molecule has 1 aromatic rings. The van der Waals surface area contributed by atoms with Crippen LogP contribution in [0.4, 0.5) is 4.39 Å². The van der Waals surface area contributed by atoms with Gasteiger partial charge in [0.2, 0.25) is 0 Å². The molecule has 0 aromatic carbocycles. The summed E-state index contributed by atoms with van der Waals surface area (Å²) in [4.78, 5) is 14.8. The van der Waals surface area contributed by atoms with Crippen molar-refractivity contribution in [2.24, 2.45) is 5.92 Å². The number of carboxylic acid groups (broad SMARTS) is 1. The Morgan fingerprint density at radius 2 is 2.25 bits per heavy atom. The number of halogens is 2. The summed E-state index contributed by atoms with van der Waals surface area (Å²) in [5, 5.41) is 9.19. The first-order valence-corrected chi connectivity index (χ1v) is 5.33. The molecule has 1 aromatic heterocycles. The molecule has 0 amide bonds. The molecule has 1 N–H and O–H groups in total. The number of carboxylic acids is 1. The summed E-state index contributed by atoms with van der Waals surface area (Å²) >= 11 is 5.56. The molecule has 88 valence electrons. The fourth-order valence-corrected chi connectivity index (χ4v) is 1.63. The standard InChI is InChI=1S/C11H13ClFNO2/c1-6(2)3-8(11(15)16)10-9(13)4-7(12)5-14-10/h4-6,8H,3H2,1-2H3,(H,15,16). The average Bonchev–Trinajstić information content (AvgIpc) is 2.14. The third-order valence-electron chi connectivity index (χ3n) is 2.17. The van der Waals surface area contributed by atoms with E-state index in [0.717, 1.165) is 6.07 Å². The van der Waals surface area contributed by atoms with Gasteiger partial charge in [-0.15, -0.1) is 0 Å². The summed E-state index contributed by atoms with van der Waals surface area (Å²) in [7, 11) is 0. The number of hydrogen-bond donors (Lipinski definition) is 1. The highest BCUT2D eigenvalue weighted by Crippen LogP contribution is 2.25. The van der Waals surface area contributed by atoms with Gasteiger partial charge < -0.3 is 5.11 Å². The minimum Gasteiger partial charge on any atom is -0.481 e. The number of pyridine rings is 1. The average molecular weight is 246 g/mol. The molecule has 0 radical (unpaired) electrons. The highest BCUT2D eigenvalue weighted by molar-refractivity contribution is 6.30. The van der Waals surface area contributed by atoms with Crippen molar-refractivity contribution in [1.29, 1.82) is 0 Å². The topological polar surface area (TPSA) is 50.2 Å². The van der Waals surface area contributed by atoms with Crippen molar-refractivity contribution >= 4 is 17.6 Å². The van der Waals surface area contributed by atoms with Gasteiger partial charge in [-0.1, -0.05) is 25.4 Å². The molecule has 0 saturated heterocycles. The van der Waals surface area contributed by atoms with E-state index < -0.39 is 17.7 Å². The lowest BCUT2D eigenvalue weighted by Gasteiger charge is -2.14. The van der Waals surface area contributed by atoms with Crippen LogP contribution in [0.5, 0.6) is 0 Å². The van der Waals surface area contributed by atoms with Gasteiger partial charge in [-0.05, 0) is 18.4 Å². The maximum Gasteiger partial charge on any atom is 0.312 e. The van der Waals surface area contributed by atoms with Gasteiger partial charge in [0.1, 0.15) is 11.7 Å². The molecule has 1 rings (SSSR count). The van der Waals surface area contributed by atoms with E-state index in [-0.39, 0.29) is 16.6 Å². The number of hydrogen-bond acceptors (Lipinski definition) is 2. The number of carbonyl (C=O) groups is 1. The lowest BCUT2D eigenvalue weighted by atomic mass is 9.93. The van der Waals surface area contributed by atoms with E-state index in [2.05, 4.69) is 4.98 Å². The number of aliphatic carboxylic acids is 1. The van der Waals surface area contributed by atoms with Crippen LogP contribution in [0, 0.1) is 11.7 Å². The van der Waals surface area contributed by atoms with Gasteiger partial charge in [0, 0.05) is 6.20 Å². The number of nitrogens with zero attached hydrogens (tertiary/aromatic N) is 1. The van der Waals surface area contributed by atoms with E-state index in [1.165, 1.54) is 6.20 Å². The zero-order chi connectivity index (χ0) is 12.3. The fourth-order valence-electron chi connectivity index (χ4n) is 1.48. The molecule has 0 aliphatic heterocycles. The molecule has 3 nitrogen and oxygen atoms in total.